The van der Waals surface area contributed by atoms with Crippen LogP contribution in [0.25, 0.3) is 0 Å². The van der Waals surface area contributed by atoms with Gasteiger partial charge in [0.15, 0.2) is 0 Å². The standard InChI is InChI=1S/C18H22N2O4S2/c1-13-5-7-14(8-6-13)25-12-18(21)19-16-11-15(9-10-17(16)24-4)26(22,23)20(2)3/h5-11H,12H2,1-4H3,(H,19,21). The zero-order valence-electron chi connectivity index (χ0n) is 15.1. The molecule has 2 rings (SSSR count). The second-order valence-corrected chi connectivity index (χ2v) is 9.00. The fraction of sp³-hybridized carbons (Fsp3) is 0.278. The molecule has 8 heteroatoms. The number of anilines is 1. The smallest absolute Gasteiger partial charge is 0.242 e. The molecule has 140 valence electrons. The van der Waals surface area contributed by atoms with Crippen molar-refractivity contribution in [2.24, 2.45) is 0 Å². The predicted molar refractivity (Wildman–Crippen MR) is 104 cm³/mol. The van der Waals surface area contributed by atoms with E-state index in [-0.39, 0.29) is 16.6 Å². The summed E-state index contributed by atoms with van der Waals surface area (Å²) in [7, 11) is 0.775. The second-order valence-electron chi connectivity index (χ2n) is 5.80. The number of carbonyl (C=O) groups is 1. The lowest BCUT2D eigenvalue weighted by atomic mass is 10.2. The summed E-state index contributed by atoms with van der Waals surface area (Å²) in [6, 6.07) is 12.3. The first-order chi connectivity index (χ1) is 12.2. The number of nitrogens with zero attached hydrogens (tertiary/aromatic N) is 1. The van der Waals surface area contributed by atoms with Gasteiger partial charge in [0.05, 0.1) is 23.4 Å². The fourth-order valence-electron chi connectivity index (χ4n) is 2.13. The van der Waals surface area contributed by atoms with Crippen molar-refractivity contribution in [1.29, 1.82) is 0 Å². The third kappa shape index (κ3) is 5.00. The molecule has 0 heterocycles. The average Bonchev–Trinajstić information content (AvgIpc) is 2.61. The highest BCUT2D eigenvalue weighted by molar-refractivity contribution is 8.00. The minimum absolute atomic E-state index is 0.0878. The lowest BCUT2D eigenvalue weighted by Gasteiger charge is -2.15. The van der Waals surface area contributed by atoms with Crippen LogP contribution in [-0.4, -0.2) is 45.6 Å². The summed E-state index contributed by atoms with van der Waals surface area (Å²) in [6.07, 6.45) is 0. The summed E-state index contributed by atoms with van der Waals surface area (Å²) >= 11 is 1.41. The van der Waals surface area contributed by atoms with Crippen molar-refractivity contribution in [3.8, 4) is 5.75 Å². The van der Waals surface area contributed by atoms with Crippen LogP contribution in [0.4, 0.5) is 5.69 Å². The maximum Gasteiger partial charge on any atom is 0.242 e. The molecule has 1 N–H and O–H groups in total. The molecule has 0 atom stereocenters. The molecule has 1 amide bonds. The zero-order chi connectivity index (χ0) is 19.3. The predicted octanol–water partition coefficient (Wildman–Crippen LogP) is 2.98. The van der Waals surface area contributed by atoms with Gasteiger partial charge in [-0.05, 0) is 37.3 Å². The first-order valence-corrected chi connectivity index (χ1v) is 10.3. The normalized spacial score (nSPS) is 11.4. The van der Waals surface area contributed by atoms with Crippen LogP contribution in [-0.2, 0) is 14.8 Å². The number of ether oxygens (including phenoxy) is 1. The van der Waals surface area contributed by atoms with Gasteiger partial charge in [0.1, 0.15) is 5.75 Å². The average molecular weight is 395 g/mol. The highest BCUT2D eigenvalue weighted by Crippen LogP contribution is 2.29. The first-order valence-electron chi connectivity index (χ1n) is 7.84. The molecule has 0 unspecified atom stereocenters. The second kappa shape index (κ2) is 8.57. The molecular formula is C18H22N2O4S2. The number of thioether (sulfide) groups is 1. The van der Waals surface area contributed by atoms with Crippen LogP contribution in [0.15, 0.2) is 52.3 Å². The van der Waals surface area contributed by atoms with E-state index in [0.29, 0.717) is 11.4 Å². The molecule has 0 spiro atoms. The van der Waals surface area contributed by atoms with Gasteiger partial charge in [-0.15, -0.1) is 11.8 Å². The Balaban J connectivity index is 2.13. The number of benzene rings is 2. The van der Waals surface area contributed by atoms with E-state index in [1.165, 1.54) is 51.2 Å². The lowest BCUT2D eigenvalue weighted by Crippen LogP contribution is -2.22. The summed E-state index contributed by atoms with van der Waals surface area (Å²) in [5.41, 5.74) is 1.48. The number of hydrogen-bond donors (Lipinski definition) is 1. The number of aryl methyl sites for hydroxylation is 1. The Kier molecular flexibility index (Phi) is 6.69. The minimum atomic E-state index is -3.60. The highest BCUT2D eigenvalue weighted by Gasteiger charge is 2.19. The molecule has 0 saturated carbocycles. The van der Waals surface area contributed by atoms with Crippen LogP contribution >= 0.6 is 11.8 Å². The quantitative estimate of drug-likeness (QED) is 0.731. The van der Waals surface area contributed by atoms with Gasteiger partial charge in [-0.1, -0.05) is 17.7 Å². The molecule has 0 fully saturated rings. The molecule has 0 radical (unpaired) electrons. The van der Waals surface area contributed by atoms with E-state index in [1.807, 2.05) is 31.2 Å². The molecule has 0 aliphatic carbocycles. The fourth-order valence-corrected chi connectivity index (χ4v) is 3.75. The van der Waals surface area contributed by atoms with Gasteiger partial charge in [-0.3, -0.25) is 4.79 Å². The molecule has 26 heavy (non-hydrogen) atoms. The molecule has 2 aromatic carbocycles. The van der Waals surface area contributed by atoms with Crippen LogP contribution < -0.4 is 10.1 Å². The van der Waals surface area contributed by atoms with Crippen LogP contribution in [0.3, 0.4) is 0 Å². The topological polar surface area (TPSA) is 75.7 Å². The van der Waals surface area contributed by atoms with Crippen molar-refractivity contribution in [1.82, 2.24) is 4.31 Å². The maximum atomic E-state index is 12.3. The van der Waals surface area contributed by atoms with Gasteiger partial charge in [-0.25, -0.2) is 12.7 Å². The highest BCUT2D eigenvalue weighted by atomic mass is 32.2. The van der Waals surface area contributed by atoms with Crippen molar-refractivity contribution in [2.45, 2.75) is 16.7 Å². The Hall–Kier alpha value is -2.03. The Labute approximate surface area is 158 Å². The van der Waals surface area contributed by atoms with Crippen LogP contribution in [0, 0.1) is 6.92 Å². The van der Waals surface area contributed by atoms with Crippen LogP contribution in [0.1, 0.15) is 5.56 Å². The molecule has 0 aromatic heterocycles. The van der Waals surface area contributed by atoms with Gasteiger partial charge in [0.2, 0.25) is 15.9 Å². The molecule has 0 aliphatic rings. The Morgan fingerprint density at radius 3 is 2.38 bits per heavy atom. The van der Waals surface area contributed by atoms with Crippen molar-refractivity contribution < 1.29 is 17.9 Å². The van der Waals surface area contributed by atoms with Gasteiger partial charge in [0.25, 0.3) is 0 Å². The Bertz CT molecular complexity index is 879. The van der Waals surface area contributed by atoms with Crippen molar-refractivity contribution in [3.05, 3.63) is 48.0 Å². The van der Waals surface area contributed by atoms with Gasteiger partial charge in [-0.2, -0.15) is 0 Å². The van der Waals surface area contributed by atoms with E-state index in [4.69, 9.17) is 4.74 Å². The Morgan fingerprint density at radius 1 is 1.15 bits per heavy atom. The summed E-state index contributed by atoms with van der Waals surface area (Å²) in [4.78, 5) is 13.3. The van der Waals surface area contributed by atoms with Crippen molar-refractivity contribution in [3.63, 3.8) is 0 Å². The SMILES string of the molecule is COc1ccc(S(=O)(=O)N(C)C)cc1NC(=O)CSc1ccc(C)cc1. The van der Waals surface area contributed by atoms with Crippen molar-refractivity contribution in [2.75, 3.05) is 32.3 Å². The molecule has 6 nitrogen and oxygen atoms in total. The Morgan fingerprint density at radius 2 is 1.81 bits per heavy atom. The number of rotatable bonds is 7. The van der Waals surface area contributed by atoms with E-state index in [9.17, 15) is 13.2 Å². The molecule has 0 bridgehead atoms. The van der Waals surface area contributed by atoms with Crippen LogP contribution in [0.2, 0.25) is 0 Å². The van der Waals surface area contributed by atoms with E-state index in [2.05, 4.69) is 5.32 Å². The maximum absolute atomic E-state index is 12.3. The van der Waals surface area contributed by atoms with Gasteiger partial charge < -0.3 is 10.1 Å². The summed E-state index contributed by atoms with van der Waals surface area (Å²) in [6.45, 7) is 2.00. The molecule has 2 aromatic rings. The van der Waals surface area contributed by atoms with E-state index in [0.717, 1.165) is 14.8 Å². The van der Waals surface area contributed by atoms with Crippen LogP contribution in [0.5, 0.6) is 5.75 Å². The number of nitrogens with one attached hydrogen (secondary N) is 1. The number of carbonyl (C=O) groups excluding carboxylic acids is 1. The summed E-state index contributed by atoms with van der Waals surface area (Å²) in [5.74, 6) is 0.362. The van der Waals surface area contributed by atoms with Gasteiger partial charge in [0, 0.05) is 19.0 Å². The molecular weight excluding hydrogens is 372 g/mol. The summed E-state index contributed by atoms with van der Waals surface area (Å²) < 4.78 is 30.9. The van der Waals surface area contributed by atoms with Crippen molar-refractivity contribution >= 4 is 33.4 Å². The number of methoxy groups -OCH3 is 1. The van der Waals surface area contributed by atoms with E-state index < -0.39 is 10.0 Å². The number of hydrogen-bond acceptors (Lipinski definition) is 5. The first kappa shape index (κ1) is 20.3. The molecule has 0 saturated heterocycles. The van der Waals surface area contributed by atoms with E-state index >= 15 is 0 Å². The number of amides is 1. The molecule has 0 aliphatic heterocycles. The summed E-state index contributed by atoms with van der Waals surface area (Å²) in [5, 5.41) is 2.73. The third-order valence-electron chi connectivity index (χ3n) is 3.61. The monoisotopic (exact) mass is 394 g/mol. The van der Waals surface area contributed by atoms with E-state index in [1.54, 1.807) is 0 Å². The largest absolute Gasteiger partial charge is 0.495 e. The zero-order valence-corrected chi connectivity index (χ0v) is 16.8. The third-order valence-corrected chi connectivity index (χ3v) is 6.44. The minimum Gasteiger partial charge on any atom is -0.495 e. The number of sulfonamides is 1. The van der Waals surface area contributed by atoms with Gasteiger partial charge >= 0.3 is 0 Å². The lowest BCUT2D eigenvalue weighted by molar-refractivity contribution is -0.113.